The van der Waals surface area contributed by atoms with E-state index in [1.54, 1.807) is 0 Å². The molecule has 2 aromatic rings. The Balaban J connectivity index is 2.09. The zero-order chi connectivity index (χ0) is 11.2. The average Bonchev–Trinajstić information content (AvgIpc) is 2.38. The predicted octanol–water partition coefficient (Wildman–Crippen LogP) is 3.31. The van der Waals surface area contributed by atoms with Crippen molar-refractivity contribution in [3.8, 4) is 0 Å². The minimum absolute atomic E-state index is 0.337. The Hall–Kier alpha value is -1.89. The van der Waals surface area contributed by atoms with Crippen LogP contribution in [0.15, 0.2) is 65.7 Å². The molecule has 0 N–H and O–H groups in total. The van der Waals surface area contributed by atoms with Gasteiger partial charge in [-0.2, -0.15) is 0 Å². The van der Waals surface area contributed by atoms with E-state index in [0.717, 1.165) is 11.1 Å². The molecule has 0 saturated heterocycles. The summed E-state index contributed by atoms with van der Waals surface area (Å²) in [7, 11) is 0. The predicted molar refractivity (Wildman–Crippen MR) is 64.2 cm³/mol. The van der Waals surface area contributed by atoms with E-state index in [-0.39, 0.29) is 0 Å². The first-order valence-corrected chi connectivity index (χ1v) is 4.96. The van der Waals surface area contributed by atoms with Gasteiger partial charge in [0.15, 0.2) is 0 Å². The van der Waals surface area contributed by atoms with Crippen LogP contribution in [0.1, 0.15) is 12.5 Å². The van der Waals surface area contributed by atoms with E-state index >= 15 is 0 Å². The molecule has 0 unspecified atom stereocenters. The fraction of sp³-hybridized carbons (Fsp3) is 0.0714. The first-order chi connectivity index (χ1) is 7.86. The van der Waals surface area contributed by atoms with E-state index in [1.165, 1.54) is 0 Å². The van der Waals surface area contributed by atoms with E-state index < -0.39 is 0 Å². The van der Waals surface area contributed by atoms with Crippen molar-refractivity contribution >= 4 is 6.19 Å². The molecule has 1 heteroatoms. The third-order valence-corrected chi connectivity index (χ3v) is 2.09. The molecule has 2 aromatic carbocycles. The van der Waals surface area contributed by atoms with Gasteiger partial charge >= 0.3 is 0 Å². The van der Waals surface area contributed by atoms with Crippen molar-refractivity contribution < 1.29 is 1.37 Å². The van der Waals surface area contributed by atoms with Crippen LogP contribution in [0, 0.1) is 0 Å². The zero-order valence-electron chi connectivity index (χ0n) is 9.43. The van der Waals surface area contributed by atoms with Gasteiger partial charge in [-0.1, -0.05) is 60.7 Å². The summed E-state index contributed by atoms with van der Waals surface area (Å²) in [5.74, 6) is 0. The number of benzene rings is 2. The summed E-state index contributed by atoms with van der Waals surface area (Å²) in [6, 6.07) is 19.6. The fourth-order valence-corrected chi connectivity index (χ4v) is 1.32. The van der Waals surface area contributed by atoms with Crippen LogP contribution >= 0.6 is 0 Å². The lowest BCUT2D eigenvalue weighted by molar-refractivity contribution is 1.08. The summed E-state index contributed by atoms with van der Waals surface area (Å²) < 4.78 is 7.81. The van der Waals surface area contributed by atoms with Crippen LogP contribution in [0.4, 0.5) is 0 Å². The van der Waals surface area contributed by atoms with Crippen molar-refractivity contribution in [1.29, 1.82) is 0 Å². The van der Waals surface area contributed by atoms with Crippen molar-refractivity contribution in [1.82, 2.24) is 0 Å². The maximum Gasteiger partial charge on any atom is 0.0842 e. The Bertz CT molecular complexity index is 463. The molecule has 0 radical (unpaired) electrons. The Kier molecular flexibility index (Phi) is 2.87. The Morgan fingerprint density at radius 2 is 1.53 bits per heavy atom. The molecule has 15 heavy (non-hydrogen) atoms. The van der Waals surface area contributed by atoms with E-state index in [0.29, 0.717) is 12.7 Å². The quantitative estimate of drug-likeness (QED) is 0.668. The lowest BCUT2D eigenvalue weighted by Crippen LogP contribution is -1.83. The van der Waals surface area contributed by atoms with Gasteiger partial charge in [0.2, 0.25) is 0 Å². The van der Waals surface area contributed by atoms with Crippen LogP contribution in [-0.4, -0.2) is 6.19 Å². The second kappa shape index (κ2) is 5.11. The van der Waals surface area contributed by atoms with Crippen LogP contribution in [0.2, 0.25) is 0 Å². The molecule has 0 aliphatic carbocycles. The minimum Gasteiger partial charge on any atom is -0.288 e. The second-order valence-corrected chi connectivity index (χ2v) is 3.28. The summed E-state index contributed by atoms with van der Waals surface area (Å²) >= 11 is 0. The molecule has 0 aromatic heterocycles. The molecule has 0 heterocycles. The number of rotatable bonds is 3. The van der Waals surface area contributed by atoms with Crippen molar-refractivity contribution in [2.45, 2.75) is 6.54 Å². The highest BCUT2D eigenvalue weighted by Crippen LogP contribution is 2.00. The number of hydrogen-bond donors (Lipinski definition) is 0. The Labute approximate surface area is 91.5 Å². The SMILES string of the molecule is [2H]C(=NCc1ccccc1)c1ccccc1. The zero-order valence-corrected chi connectivity index (χ0v) is 8.43. The first-order valence-electron chi connectivity index (χ1n) is 5.46. The first kappa shape index (κ1) is 8.42. The van der Waals surface area contributed by atoms with Gasteiger partial charge in [-0.3, -0.25) is 4.99 Å². The fourth-order valence-electron chi connectivity index (χ4n) is 1.32. The molecular formula is C14H13N. The van der Waals surface area contributed by atoms with E-state index in [4.69, 9.17) is 1.37 Å². The van der Waals surface area contributed by atoms with E-state index in [9.17, 15) is 0 Å². The number of aliphatic imine (C=N–C) groups is 1. The lowest BCUT2D eigenvalue weighted by Gasteiger charge is -1.94. The molecule has 0 aliphatic rings. The van der Waals surface area contributed by atoms with Gasteiger partial charge in [-0.15, -0.1) is 0 Å². The van der Waals surface area contributed by atoms with Crippen LogP contribution < -0.4 is 0 Å². The van der Waals surface area contributed by atoms with Gasteiger partial charge in [0.05, 0.1) is 7.92 Å². The van der Waals surface area contributed by atoms with Crippen LogP contribution in [0.3, 0.4) is 0 Å². The highest BCUT2D eigenvalue weighted by Gasteiger charge is 1.87. The number of nitrogens with zero attached hydrogens (tertiary/aromatic N) is 1. The molecular weight excluding hydrogens is 182 g/mol. The van der Waals surface area contributed by atoms with Crippen molar-refractivity contribution in [2.24, 2.45) is 4.99 Å². The standard InChI is InChI=1S/C14H13N/c1-3-7-13(8-4-1)11-15-12-14-9-5-2-6-10-14/h1-11H,12H2/i11D. The third kappa shape index (κ3) is 3.06. The van der Waals surface area contributed by atoms with Gasteiger partial charge in [0.25, 0.3) is 0 Å². The Morgan fingerprint density at radius 3 is 2.20 bits per heavy atom. The van der Waals surface area contributed by atoms with E-state index in [1.807, 2.05) is 60.7 Å². The molecule has 2 rings (SSSR count). The molecule has 1 nitrogen and oxygen atoms in total. The smallest absolute Gasteiger partial charge is 0.0842 e. The van der Waals surface area contributed by atoms with Crippen molar-refractivity contribution in [3.63, 3.8) is 0 Å². The normalized spacial score (nSPS) is 12.3. The van der Waals surface area contributed by atoms with Gasteiger partial charge in [0, 0.05) is 6.19 Å². The molecule has 0 saturated carbocycles. The highest BCUT2D eigenvalue weighted by molar-refractivity contribution is 5.79. The molecule has 0 amide bonds. The minimum atomic E-state index is 0.337. The summed E-state index contributed by atoms with van der Waals surface area (Å²) in [6.45, 7) is 0.564. The van der Waals surface area contributed by atoms with Crippen LogP contribution in [0.25, 0.3) is 0 Å². The monoisotopic (exact) mass is 196 g/mol. The highest BCUT2D eigenvalue weighted by atomic mass is 14.7. The van der Waals surface area contributed by atoms with Crippen molar-refractivity contribution in [3.05, 3.63) is 71.8 Å². The van der Waals surface area contributed by atoms with Gasteiger partial charge in [0.1, 0.15) is 0 Å². The van der Waals surface area contributed by atoms with Gasteiger partial charge < -0.3 is 0 Å². The Morgan fingerprint density at radius 1 is 0.933 bits per heavy atom. The summed E-state index contributed by atoms with van der Waals surface area (Å²) in [5.41, 5.74) is 1.99. The maximum absolute atomic E-state index is 7.81. The third-order valence-electron chi connectivity index (χ3n) is 2.09. The number of hydrogen-bond acceptors (Lipinski definition) is 1. The molecule has 0 atom stereocenters. The molecule has 74 valence electrons. The molecule has 0 fully saturated rings. The maximum atomic E-state index is 7.81. The largest absolute Gasteiger partial charge is 0.288 e. The summed E-state index contributed by atoms with van der Waals surface area (Å²) in [6.07, 6.45) is 0.337. The average molecular weight is 196 g/mol. The van der Waals surface area contributed by atoms with Crippen molar-refractivity contribution in [2.75, 3.05) is 0 Å². The second-order valence-electron chi connectivity index (χ2n) is 3.28. The molecule has 0 bridgehead atoms. The molecule has 0 spiro atoms. The lowest BCUT2D eigenvalue weighted by atomic mass is 10.2. The molecule has 0 aliphatic heterocycles. The van der Waals surface area contributed by atoms with E-state index in [2.05, 4.69) is 4.99 Å². The summed E-state index contributed by atoms with van der Waals surface area (Å²) in [5, 5.41) is 0. The van der Waals surface area contributed by atoms with Gasteiger partial charge in [-0.25, -0.2) is 0 Å². The van der Waals surface area contributed by atoms with Crippen LogP contribution in [-0.2, 0) is 6.54 Å². The topological polar surface area (TPSA) is 12.4 Å². The van der Waals surface area contributed by atoms with Gasteiger partial charge in [-0.05, 0) is 11.1 Å². The van der Waals surface area contributed by atoms with Crippen LogP contribution in [0.5, 0.6) is 0 Å². The summed E-state index contributed by atoms with van der Waals surface area (Å²) in [4.78, 5) is 4.25.